The molecule has 0 bridgehead atoms. The number of benzene rings is 2. The Hall–Kier alpha value is -4.37. The number of esters is 1. The maximum absolute atomic E-state index is 14.7. The van der Waals surface area contributed by atoms with E-state index in [1.54, 1.807) is 51.1 Å². The second-order valence-electron chi connectivity index (χ2n) is 12.8. The molecule has 48 heavy (non-hydrogen) atoms. The molecule has 0 fully saturated rings. The molecule has 2 aromatic heterocycles. The van der Waals surface area contributed by atoms with Crippen LogP contribution in [-0.2, 0) is 31.5 Å². The fourth-order valence-corrected chi connectivity index (χ4v) is 5.67. The van der Waals surface area contributed by atoms with Crippen molar-refractivity contribution < 1.29 is 44.5 Å². The predicted octanol–water partition coefficient (Wildman–Crippen LogP) is 7.22. The maximum Gasteiger partial charge on any atom is 0.534 e. The second kappa shape index (κ2) is 13.6. The van der Waals surface area contributed by atoms with E-state index >= 15 is 0 Å². The van der Waals surface area contributed by atoms with Gasteiger partial charge < -0.3 is 14.2 Å². The van der Waals surface area contributed by atoms with Gasteiger partial charge in [-0.15, -0.1) is 11.3 Å². The number of alkyl halides is 3. The number of hydrogen-bond donors (Lipinski definition) is 1. The van der Waals surface area contributed by atoms with E-state index in [0.29, 0.717) is 22.1 Å². The smallest absolute Gasteiger partial charge is 0.458 e. The lowest BCUT2D eigenvalue weighted by molar-refractivity contribution is -0.157. The Kier molecular flexibility index (Phi) is 10.4. The number of rotatable bonds is 9. The van der Waals surface area contributed by atoms with Crippen molar-refractivity contribution in [1.29, 1.82) is 0 Å². The summed E-state index contributed by atoms with van der Waals surface area (Å²) in [6.45, 7) is 11.4. The number of nitrogens with one attached hydrogen (secondary N) is 1. The highest BCUT2D eigenvalue weighted by Crippen LogP contribution is 2.31. The van der Waals surface area contributed by atoms with Crippen LogP contribution >= 0.6 is 11.3 Å². The van der Waals surface area contributed by atoms with E-state index in [4.69, 9.17) is 4.74 Å². The molecular weight excluding hydrogens is 675 g/mol. The SMILES string of the molecule is CC(C)(C)OC(=O)C(Cc1ccc(-c2ncc(-c3ccc(OS(=O)(=O)C(F)(F)F)cc3F)cn2)cc1)NC(=O)c1ccc(C(C)(C)C)s1. The summed E-state index contributed by atoms with van der Waals surface area (Å²) in [6.07, 6.45) is 2.73. The molecule has 2 aromatic carbocycles. The van der Waals surface area contributed by atoms with Gasteiger partial charge in [0.15, 0.2) is 5.82 Å². The monoisotopic (exact) mass is 707 g/mol. The lowest BCUT2D eigenvalue weighted by Crippen LogP contribution is -2.45. The van der Waals surface area contributed by atoms with E-state index in [9.17, 15) is 35.6 Å². The van der Waals surface area contributed by atoms with Crippen LogP contribution in [0.15, 0.2) is 67.0 Å². The van der Waals surface area contributed by atoms with Crippen molar-refractivity contribution in [3.63, 3.8) is 0 Å². The quantitative estimate of drug-likeness (QED) is 0.0837. The number of carbonyl (C=O) groups excluding carboxylic acids is 2. The standard InChI is InChI=1S/C33H33F4N3O6S2/c1-31(2,3)27-14-13-26(47-27)29(41)40-25(30(42)45-32(4,5)6)15-19-7-9-20(10-8-19)28-38-17-21(18-39-28)23-12-11-22(16-24(23)34)46-48(43,44)33(35,36)37/h7-14,16-18,25H,15H2,1-6H3,(H,40,41). The number of aromatic nitrogens is 2. The Morgan fingerprint density at radius 1 is 0.896 bits per heavy atom. The van der Waals surface area contributed by atoms with Crippen molar-refractivity contribution in [2.24, 2.45) is 0 Å². The first-order valence-electron chi connectivity index (χ1n) is 14.5. The second-order valence-corrected chi connectivity index (χ2v) is 15.4. The Morgan fingerprint density at radius 3 is 2.04 bits per heavy atom. The van der Waals surface area contributed by atoms with Gasteiger partial charge >= 0.3 is 21.6 Å². The maximum atomic E-state index is 14.7. The fourth-order valence-electron chi connectivity index (χ4n) is 4.26. The molecule has 1 atom stereocenters. The molecule has 0 aliphatic rings. The molecule has 2 heterocycles. The summed E-state index contributed by atoms with van der Waals surface area (Å²) in [7, 11) is -5.96. The van der Waals surface area contributed by atoms with Crippen LogP contribution in [-0.4, -0.2) is 47.4 Å². The number of ether oxygens (including phenoxy) is 1. The van der Waals surface area contributed by atoms with Gasteiger partial charge in [-0.1, -0.05) is 45.0 Å². The Morgan fingerprint density at radius 2 is 1.52 bits per heavy atom. The number of thiophene rings is 1. The van der Waals surface area contributed by atoms with Crippen molar-refractivity contribution in [1.82, 2.24) is 15.3 Å². The first-order valence-corrected chi connectivity index (χ1v) is 16.7. The van der Waals surface area contributed by atoms with Gasteiger partial charge in [-0.05, 0) is 56.0 Å². The van der Waals surface area contributed by atoms with Crippen LogP contribution in [0.3, 0.4) is 0 Å². The Bertz CT molecular complexity index is 1900. The van der Waals surface area contributed by atoms with Crippen LogP contribution < -0.4 is 9.50 Å². The zero-order chi connectivity index (χ0) is 35.7. The molecule has 0 saturated heterocycles. The average Bonchev–Trinajstić information content (AvgIpc) is 3.48. The molecule has 1 amide bonds. The zero-order valence-corrected chi connectivity index (χ0v) is 28.4. The van der Waals surface area contributed by atoms with Crippen LogP contribution in [0.4, 0.5) is 17.6 Å². The van der Waals surface area contributed by atoms with Gasteiger partial charge in [-0.2, -0.15) is 21.6 Å². The molecule has 0 aliphatic heterocycles. The van der Waals surface area contributed by atoms with Crippen LogP contribution in [0.5, 0.6) is 5.75 Å². The molecule has 0 aliphatic carbocycles. The highest BCUT2D eigenvalue weighted by atomic mass is 32.2. The minimum absolute atomic E-state index is 0.0962. The largest absolute Gasteiger partial charge is 0.534 e. The molecular formula is C33H33F4N3O6S2. The first kappa shape index (κ1) is 36.5. The van der Waals surface area contributed by atoms with E-state index in [1.807, 2.05) is 26.8 Å². The molecule has 4 rings (SSSR count). The van der Waals surface area contributed by atoms with Crippen LogP contribution in [0.25, 0.3) is 22.5 Å². The van der Waals surface area contributed by atoms with Gasteiger partial charge in [0, 0.05) is 46.4 Å². The summed E-state index contributed by atoms with van der Waals surface area (Å²) < 4.78 is 84.4. The van der Waals surface area contributed by atoms with Crippen molar-refractivity contribution in [2.75, 3.05) is 0 Å². The van der Waals surface area contributed by atoms with Crippen LogP contribution in [0.2, 0.25) is 0 Å². The lowest BCUT2D eigenvalue weighted by Gasteiger charge is -2.24. The summed E-state index contributed by atoms with van der Waals surface area (Å²) in [6, 6.07) is 12.0. The molecule has 0 saturated carbocycles. The van der Waals surface area contributed by atoms with Crippen molar-refractivity contribution in [3.8, 4) is 28.3 Å². The van der Waals surface area contributed by atoms with Crippen LogP contribution in [0.1, 0.15) is 61.7 Å². The highest BCUT2D eigenvalue weighted by molar-refractivity contribution is 7.88. The average molecular weight is 708 g/mol. The lowest BCUT2D eigenvalue weighted by atomic mass is 9.95. The van der Waals surface area contributed by atoms with Crippen molar-refractivity contribution in [2.45, 2.75) is 70.5 Å². The molecule has 1 N–H and O–H groups in total. The van der Waals surface area contributed by atoms with E-state index in [-0.39, 0.29) is 34.7 Å². The third kappa shape index (κ3) is 9.16. The summed E-state index contributed by atoms with van der Waals surface area (Å²) >= 11 is 1.36. The fraction of sp³-hybridized carbons (Fsp3) is 0.333. The molecule has 256 valence electrons. The summed E-state index contributed by atoms with van der Waals surface area (Å²) in [5, 5.41) is 2.82. The number of halogens is 4. The molecule has 0 radical (unpaired) electrons. The molecule has 4 aromatic rings. The first-order chi connectivity index (χ1) is 22.1. The third-order valence-electron chi connectivity index (χ3n) is 6.61. The molecule has 1 unspecified atom stereocenters. The van der Waals surface area contributed by atoms with Crippen molar-refractivity contribution in [3.05, 3.63) is 88.1 Å². The van der Waals surface area contributed by atoms with Gasteiger partial charge in [-0.25, -0.2) is 19.2 Å². The Labute approximate surface area is 279 Å². The van der Waals surface area contributed by atoms with Crippen LogP contribution in [0, 0.1) is 5.82 Å². The van der Waals surface area contributed by atoms with Gasteiger partial charge in [0.05, 0.1) is 4.88 Å². The predicted molar refractivity (Wildman–Crippen MR) is 172 cm³/mol. The minimum atomic E-state index is -5.96. The van der Waals surface area contributed by atoms with Crippen molar-refractivity contribution >= 4 is 33.3 Å². The number of nitrogens with zero attached hydrogens (tertiary/aromatic N) is 2. The highest BCUT2D eigenvalue weighted by Gasteiger charge is 2.48. The Balaban J connectivity index is 1.48. The van der Waals surface area contributed by atoms with Gasteiger partial charge in [0.1, 0.15) is 23.2 Å². The van der Waals surface area contributed by atoms with E-state index in [0.717, 1.165) is 17.0 Å². The summed E-state index contributed by atoms with van der Waals surface area (Å²) in [5.74, 6) is -2.60. The topological polar surface area (TPSA) is 125 Å². The normalized spacial score (nSPS) is 13.1. The van der Waals surface area contributed by atoms with E-state index < -0.39 is 44.8 Å². The third-order valence-corrected chi connectivity index (χ3v) is 9.10. The number of carbonyl (C=O) groups is 2. The molecule has 9 nitrogen and oxygen atoms in total. The number of amides is 1. The van der Waals surface area contributed by atoms with Gasteiger partial charge in [-0.3, -0.25) is 4.79 Å². The van der Waals surface area contributed by atoms with Gasteiger partial charge in [0.25, 0.3) is 5.91 Å². The van der Waals surface area contributed by atoms with E-state index in [2.05, 4.69) is 19.5 Å². The van der Waals surface area contributed by atoms with E-state index in [1.165, 1.54) is 23.7 Å². The summed E-state index contributed by atoms with van der Waals surface area (Å²) in [4.78, 5) is 36.3. The zero-order valence-electron chi connectivity index (χ0n) is 26.8. The van der Waals surface area contributed by atoms with Gasteiger partial charge in [0.2, 0.25) is 0 Å². The molecule has 0 spiro atoms. The number of hydrogen-bond acceptors (Lipinski definition) is 9. The minimum Gasteiger partial charge on any atom is -0.458 e. The molecule has 15 heteroatoms. The summed E-state index contributed by atoms with van der Waals surface area (Å²) in [5.41, 5.74) is -5.20.